The summed E-state index contributed by atoms with van der Waals surface area (Å²) in [4.78, 5) is 12.9. The zero-order chi connectivity index (χ0) is 15.0. The van der Waals surface area contributed by atoms with Crippen LogP contribution in [0, 0.1) is 0 Å². The van der Waals surface area contributed by atoms with Gasteiger partial charge in [0.05, 0.1) is 17.6 Å². The van der Waals surface area contributed by atoms with Crippen molar-refractivity contribution in [3.05, 3.63) is 35.4 Å². The zero-order valence-electron chi connectivity index (χ0n) is 10.9. The Bertz CT molecular complexity index is 519. The molecule has 7 heteroatoms. The molecule has 0 saturated carbocycles. The van der Waals surface area contributed by atoms with Gasteiger partial charge in [0.2, 0.25) is 0 Å². The fourth-order valence-electron chi connectivity index (χ4n) is 2.12. The van der Waals surface area contributed by atoms with Gasteiger partial charge in [-0.1, -0.05) is 18.2 Å². The third-order valence-electron chi connectivity index (χ3n) is 3.47. The van der Waals surface area contributed by atoms with E-state index in [4.69, 9.17) is 10.5 Å². The summed E-state index contributed by atoms with van der Waals surface area (Å²) in [6, 6.07) is 5.17. The van der Waals surface area contributed by atoms with Crippen LogP contribution in [0.1, 0.15) is 18.1 Å². The maximum Gasteiger partial charge on any atom is 0.416 e. The number of benzene rings is 1. The first kappa shape index (κ1) is 14.6. The molecule has 0 aromatic heterocycles. The second-order valence-corrected chi connectivity index (χ2v) is 5.00. The van der Waals surface area contributed by atoms with Crippen molar-refractivity contribution in [2.24, 2.45) is 5.73 Å². The molecule has 1 heterocycles. The minimum absolute atomic E-state index is 0.0264. The summed E-state index contributed by atoms with van der Waals surface area (Å²) in [6.07, 6.45) is -5.10. The van der Waals surface area contributed by atoms with E-state index >= 15 is 0 Å². The third-order valence-corrected chi connectivity index (χ3v) is 3.47. The number of hydrogen-bond acceptors (Lipinski definition) is 3. The Hall–Kier alpha value is -1.76. The van der Waals surface area contributed by atoms with Crippen molar-refractivity contribution in [2.45, 2.75) is 25.2 Å². The molecule has 2 N–H and O–H groups in total. The molecule has 1 fully saturated rings. The maximum absolute atomic E-state index is 12.9. The number of carbonyl (C=O) groups excluding carboxylic acids is 1. The summed E-state index contributed by atoms with van der Waals surface area (Å²) in [6.45, 7) is 1.71. The first-order chi connectivity index (χ1) is 9.28. The van der Waals surface area contributed by atoms with Crippen molar-refractivity contribution in [1.29, 1.82) is 0 Å². The molecular weight excluding hydrogens is 273 g/mol. The molecule has 0 bridgehead atoms. The Balaban J connectivity index is 2.33. The predicted octanol–water partition coefficient (Wildman–Crippen LogP) is 2.38. The minimum atomic E-state index is -4.46. The van der Waals surface area contributed by atoms with E-state index in [9.17, 15) is 18.0 Å². The van der Waals surface area contributed by atoms with Crippen LogP contribution in [0.3, 0.4) is 0 Å². The van der Waals surface area contributed by atoms with E-state index in [1.165, 1.54) is 23.1 Å². The van der Waals surface area contributed by atoms with E-state index in [1.807, 2.05) is 0 Å². The summed E-state index contributed by atoms with van der Waals surface area (Å²) < 4.78 is 43.7. The van der Waals surface area contributed by atoms with Gasteiger partial charge in [-0.2, -0.15) is 13.2 Å². The minimum Gasteiger partial charge on any atom is -0.447 e. The molecule has 0 spiro atoms. The van der Waals surface area contributed by atoms with Gasteiger partial charge in [0.15, 0.2) is 0 Å². The number of rotatable bonds is 3. The van der Waals surface area contributed by atoms with E-state index < -0.39 is 23.4 Å². The van der Waals surface area contributed by atoms with Crippen molar-refractivity contribution in [3.63, 3.8) is 0 Å². The van der Waals surface area contributed by atoms with Gasteiger partial charge in [0.1, 0.15) is 6.61 Å². The molecule has 1 aromatic rings. The Labute approximate surface area is 114 Å². The van der Waals surface area contributed by atoms with Crippen LogP contribution in [-0.4, -0.2) is 29.7 Å². The van der Waals surface area contributed by atoms with Gasteiger partial charge in [-0.15, -0.1) is 0 Å². The van der Waals surface area contributed by atoms with Crippen LogP contribution in [-0.2, 0) is 17.5 Å². The Morgan fingerprint density at radius 1 is 1.40 bits per heavy atom. The molecule has 1 aromatic carbocycles. The number of ether oxygens (including phenoxy) is 1. The first-order valence-corrected chi connectivity index (χ1v) is 6.07. The van der Waals surface area contributed by atoms with Crippen LogP contribution in [0.15, 0.2) is 24.3 Å². The van der Waals surface area contributed by atoms with Crippen molar-refractivity contribution < 1.29 is 22.7 Å². The van der Waals surface area contributed by atoms with Gasteiger partial charge in [0, 0.05) is 6.54 Å². The van der Waals surface area contributed by atoms with Gasteiger partial charge in [-0.25, -0.2) is 4.79 Å². The molecule has 4 nitrogen and oxygen atoms in total. The van der Waals surface area contributed by atoms with Crippen molar-refractivity contribution >= 4 is 6.09 Å². The summed E-state index contributed by atoms with van der Waals surface area (Å²) in [5, 5.41) is 0. The van der Waals surface area contributed by atoms with Gasteiger partial charge in [-0.05, 0) is 18.6 Å². The normalized spacial score (nSPS) is 23.1. The first-order valence-electron chi connectivity index (χ1n) is 6.07. The molecule has 1 atom stereocenters. The van der Waals surface area contributed by atoms with Crippen molar-refractivity contribution in [1.82, 2.24) is 4.90 Å². The van der Waals surface area contributed by atoms with Crippen molar-refractivity contribution in [3.8, 4) is 0 Å². The number of halogens is 3. The fourth-order valence-corrected chi connectivity index (χ4v) is 2.12. The lowest BCUT2D eigenvalue weighted by molar-refractivity contribution is -0.138. The molecule has 110 valence electrons. The van der Waals surface area contributed by atoms with Crippen LogP contribution in [0.2, 0.25) is 0 Å². The summed E-state index contributed by atoms with van der Waals surface area (Å²) in [7, 11) is 0. The highest BCUT2D eigenvalue weighted by Crippen LogP contribution is 2.34. The molecule has 2 rings (SSSR count). The molecule has 1 aliphatic rings. The molecule has 1 unspecified atom stereocenters. The molecule has 1 saturated heterocycles. The molecule has 0 aliphatic carbocycles. The van der Waals surface area contributed by atoms with Gasteiger partial charge in [-0.3, -0.25) is 4.90 Å². The largest absolute Gasteiger partial charge is 0.447 e. The SMILES string of the molecule is CC1(CN)COC(=O)N1Cc1ccccc1C(F)(F)F. The van der Waals surface area contributed by atoms with Crippen LogP contribution in [0.25, 0.3) is 0 Å². The van der Waals surface area contributed by atoms with E-state index in [2.05, 4.69) is 0 Å². The molecule has 0 radical (unpaired) electrons. The van der Waals surface area contributed by atoms with E-state index in [1.54, 1.807) is 6.92 Å². The number of amides is 1. The zero-order valence-corrected chi connectivity index (χ0v) is 10.9. The lowest BCUT2D eigenvalue weighted by Crippen LogP contribution is -2.49. The summed E-state index contributed by atoms with van der Waals surface area (Å²) in [5.41, 5.74) is 4.10. The molecule has 1 amide bonds. The van der Waals surface area contributed by atoms with E-state index in [0.29, 0.717) is 0 Å². The fraction of sp³-hybridized carbons (Fsp3) is 0.462. The third kappa shape index (κ3) is 2.58. The smallest absolute Gasteiger partial charge is 0.416 e. The second kappa shape index (κ2) is 4.97. The standard InChI is InChI=1S/C13H15F3N2O2/c1-12(7-17)8-20-11(19)18(12)6-9-4-2-3-5-10(9)13(14,15)16/h2-5H,6-8,17H2,1H3. The number of carbonyl (C=O) groups is 1. The lowest BCUT2D eigenvalue weighted by Gasteiger charge is -2.31. The quantitative estimate of drug-likeness (QED) is 0.929. The average molecular weight is 288 g/mol. The Kier molecular flexibility index (Phi) is 3.64. The molecule has 1 aliphatic heterocycles. The van der Waals surface area contributed by atoms with E-state index in [-0.39, 0.29) is 25.3 Å². The number of cyclic esters (lactones) is 1. The second-order valence-electron chi connectivity index (χ2n) is 5.00. The number of hydrogen-bond donors (Lipinski definition) is 1. The van der Waals surface area contributed by atoms with Gasteiger partial charge in [0.25, 0.3) is 0 Å². The Morgan fingerprint density at radius 3 is 2.65 bits per heavy atom. The molecule has 20 heavy (non-hydrogen) atoms. The van der Waals surface area contributed by atoms with Crippen LogP contribution < -0.4 is 5.73 Å². The van der Waals surface area contributed by atoms with Crippen molar-refractivity contribution in [2.75, 3.05) is 13.2 Å². The summed E-state index contributed by atoms with van der Waals surface area (Å²) >= 11 is 0. The number of nitrogens with zero attached hydrogens (tertiary/aromatic N) is 1. The van der Waals surface area contributed by atoms with Gasteiger partial charge < -0.3 is 10.5 Å². The average Bonchev–Trinajstić information content (AvgIpc) is 2.67. The monoisotopic (exact) mass is 288 g/mol. The molecular formula is C13H15F3N2O2. The van der Waals surface area contributed by atoms with Crippen LogP contribution in [0.4, 0.5) is 18.0 Å². The highest BCUT2D eigenvalue weighted by atomic mass is 19.4. The predicted molar refractivity (Wildman–Crippen MR) is 65.8 cm³/mol. The van der Waals surface area contributed by atoms with E-state index in [0.717, 1.165) is 6.07 Å². The summed E-state index contributed by atoms with van der Waals surface area (Å²) in [5.74, 6) is 0. The lowest BCUT2D eigenvalue weighted by atomic mass is 10.0. The van der Waals surface area contributed by atoms with Crippen LogP contribution in [0.5, 0.6) is 0 Å². The van der Waals surface area contributed by atoms with Gasteiger partial charge >= 0.3 is 12.3 Å². The highest BCUT2D eigenvalue weighted by molar-refractivity contribution is 5.71. The highest BCUT2D eigenvalue weighted by Gasteiger charge is 2.43. The topological polar surface area (TPSA) is 55.6 Å². The number of nitrogens with two attached hydrogens (primary N) is 1. The Morgan fingerprint density at radius 2 is 2.05 bits per heavy atom. The maximum atomic E-state index is 12.9. The number of alkyl halides is 3. The van der Waals surface area contributed by atoms with Crippen LogP contribution >= 0.6 is 0 Å².